The SMILES string of the molecule is CCCCN(C)C(=NCCN(C)CC)NCC. The third kappa shape index (κ3) is 8.02. The Bertz CT molecular complexity index is 204. The van der Waals surface area contributed by atoms with Crippen molar-refractivity contribution in [1.29, 1.82) is 0 Å². The maximum absolute atomic E-state index is 4.64. The molecule has 0 rings (SSSR count). The first kappa shape index (κ1) is 16.2. The average Bonchev–Trinajstić information content (AvgIpc) is 2.34. The van der Waals surface area contributed by atoms with E-state index >= 15 is 0 Å². The fourth-order valence-electron chi connectivity index (χ4n) is 1.46. The second-order valence-electron chi connectivity index (χ2n) is 4.41. The molecule has 0 aromatic heterocycles. The first-order chi connectivity index (χ1) is 8.15. The third-order valence-electron chi connectivity index (χ3n) is 2.83. The predicted molar refractivity (Wildman–Crippen MR) is 76.7 cm³/mol. The van der Waals surface area contributed by atoms with Crippen LogP contribution in [0.1, 0.15) is 33.6 Å². The Kier molecular flexibility index (Phi) is 9.92. The number of aliphatic imine (C=N–C) groups is 1. The van der Waals surface area contributed by atoms with Crippen molar-refractivity contribution in [3.63, 3.8) is 0 Å². The van der Waals surface area contributed by atoms with Crippen molar-refractivity contribution in [3.8, 4) is 0 Å². The van der Waals surface area contributed by atoms with E-state index in [0.29, 0.717) is 0 Å². The van der Waals surface area contributed by atoms with Gasteiger partial charge < -0.3 is 15.1 Å². The van der Waals surface area contributed by atoms with E-state index in [4.69, 9.17) is 0 Å². The molecule has 102 valence electrons. The molecule has 0 atom stereocenters. The smallest absolute Gasteiger partial charge is 0.193 e. The summed E-state index contributed by atoms with van der Waals surface area (Å²) >= 11 is 0. The zero-order valence-corrected chi connectivity index (χ0v) is 12.3. The molecule has 0 bridgehead atoms. The minimum atomic E-state index is 0.864. The number of nitrogens with zero attached hydrogens (tertiary/aromatic N) is 3. The Hall–Kier alpha value is -0.770. The summed E-state index contributed by atoms with van der Waals surface area (Å²) in [7, 11) is 4.24. The van der Waals surface area contributed by atoms with Crippen LogP contribution in [0, 0.1) is 0 Å². The van der Waals surface area contributed by atoms with Crippen LogP contribution in [0.15, 0.2) is 4.99 Å². The monoisotopic (exact) mass is 242 g/mol. The van der Waals surface area contributed by atoms with Crippen molar-refractivity contribution in [1.82, 2.24) is 15.1 Å². The zero-order chi connectivity index (χ0) is 13.1. The van der Waals surface area contributed by atoms with Gasteiger partial charge in [0.15, 0.2) is 5.96 Å². The lowest BCUT2D eigenvalue weighted by molar-refractivity contribution is 0.361. The van der Waals surface area contributed by atoms with E-state index < -0.39 is 0 Å². The number of rotatable bonds is 8. The molecular formula is C13H30N4. The summed E-state index contributed by atoms with van der Waals surface area (Å²) < 4.78 is 0. The Morgan fingerprint density at radius 1 is 1.12 bits per heavy atom. The maximum Gasteiger partial charge on any atom is 0.193 e. The van der Waals surface area contributed by atoms with Gasteiger partial charge in [-0.05, 0) is 26.9 Å². The molecule has 0 saturated heterocycles. The fourth-order valence-corrected chi connectivity index (χ4v) is 1.46. The molecule has 0 aliphatic carbocycles. The van der Waals surface area contributed by atoms with Crippen LogP contribution in [0.3, 0.4) is 0 Å². The molecule has 0 unspecified atom stereocenters. The second-order valence-corrected chi connectivity index (χ2v) is 4.41. The van der Waals surface area contributed by atoms with E-state index in [1.54, 1.807) is 0 Å². The Morgan fingerprint density at radius 2 is 1.82 bits per heavy atom. The Balaban J connectivity index is 4.14. The molecule has 1 N–H and O–H groups in total. The van der Waals surface area contributed by atoms with Gasteiger partial charge in [-0.3, -0.25) is 4.99 Å². The molecule has 0 heterocycles. The molecule has 0 aromatic rings. The average molecular weight is 242 g/mol. The standard InChI is InChI=1S/C13H30N4/c1-6-9-11-17(5)13(14-7-2)15-10-12-16(4)8-3/h6-12H2,1-5H3,(H,14,15). The van der Waals surface area contributed by atoms with E-state index in [2.05, 4.69) is 55.0 Å². The quantitative estimate of drug-likeness (QED) is 0.518. The lowest BCUT2D eigenvalue weighted by Gasteiger charge is -2.22. The van der Waals surface area contributed by atoms with Crippen LogP contribution in [-0.4, -0.2) is 62.6 Å². The molecular weight excluding hydrogens is 212 g/mol. The van der Waals surface area contributed by atoms with Crippen molar-refractivity contribution in [2.24, 2.45) is 4.99 Å². The lowest BCUT2D eigenvalue weighted by atomic mass is 10.3. The van der Waals surface area contributed by atoms with Gasteiger partial charge in [0, 0.05) is 26.7 Å². The van der Waals surface area contributed by atoms with Crippen molar-refractivity contribution in [3.05, 3.63) is 0 Å². The summed E-state index contributed by atoms with van der Waals surface area (Å²) in [5.74, 6) is 1.03. The Labute approximate surface area is 107 Å². The number of guanidine groups is 1. The van der Waals surface area contributed by atoms with Gasteiger partial charge >= 0.3 is 0 Å². The number of unbranched alkanes of at least 4 members (excludes halogenated alkanes) is 1. The van der Waals surface area contributed by atoms with Crippen LogP contribution in [0.25, 0.3) is 0 Å². The molecule has 0 aliphatic rings. The van der Waals surface area contributed by atoms with Gasteiger partial charge in [-0.1, -0.05) is 20.3 Å². The molecule has 0 aliphatic heterocycles. The molecule has 0 aromatic carbocycles. The predicted octanol–water partition coefficient (Wildman–Crippen LogP) is 1.64. The van der Waals surface area contributed by atoms with Gasteiger partial charge in [0.05, 0.1) is 6.54 Å². The molecule has 0 amide bonds. The van der Waals surface area contributed by atoms with Gasteiger partial charge in [0.1, 0.15) is 0 Å². The summed E-state index contributed by atoms with van der Waals surface area (Å²) in [6.45, 7) is 11.5. The molecule has 0 saturated carbocycles. The van der Waals surface area contributed by atoms with Gasteiger partial charge in [-0.2, -0.15) is 0 Å². The van der Waals surface area contributed by atoms with Crippen molar-refractivity contribution in [2.75, 3.05) is 46.8 Å². The van der Waals surface area contributed by atoms with Crippen molar-refractivity contribution >= 4 is 5.96 Å². The summed E-state index contributed by atoms with van der Waals surface area (Å²) in [4.78, 5) is 9.14. The lowest BCUT2D eigenvalue weighted by Crippen LogP contribution is -2.39. The third-order valence-corrected chi connectivity index (χ3v) is 2.83. The number of hydrogen-bond donors (Lipinski definition) is 1. The van der Waals surface area contributed by atoms with Crippen LogP contribution in [-0.2, 0) is 0 Å². The van der Waals surface area contributed by atoms with E-state index in [1.165, 1.54) is 12.8 Å². The highest BCUT2D eigenvalue weighted by Crippen LogP contribution is 1.93. The maximum atomic E-state index is 4.64. The van der Waals surface area contributed by atoms with Crippen LogP contribution in [0.2, 0.25) is 0 Å². The molecule has 4 heteroatoms. The van der Waals surface area contributed by atoms with Gasteiger partial charge in [-0.25, -0.2) is 0 Å². The van der Waals surface area contributed by atoms with E-state index in [1.807, 2.05) is 0 Å². The van der Waals surface area contributed by atoms with E-state index in [9.17, 15) is 0 Å². The number of likely N-dealkylation sites (N-methyl/N-ethyl adjacent to an activating group) is 1. The number of nitrogens with one attached hydrogen (secondary N) is 1. The van der Waals surface area contributed by atoms with Gasteiger partial charge in [0.25, 0.3) is 0 Å². The first-order valence-corrected chi connectivity index (χ1v) is 6.83. The van der Waals surface area contributed by atoms with E-state index in [0.717, 1.165) is 38.7 Å². The number of hydrogen-bond acceptors (Lipinski definition) is 2. The molecule has 4 nitrogen and oxygen atoms in total. The minimum absolute atomic E-state index is 0.864. The molecule has 0 fully saturated rings. The molecule has 17 heavy (non-hydrogen) atoms. The van der Waals surface area contributed by atoms with Crippen LogP contribution < -0.4 is 5.32 Å². The zero-order valence-electron chi connectivity index (χ0n) is 12.3. The molecule has 0 spiro atoms. The normalized spacial score (nSPS) is 12.0. The first-order valence-electron chi connectivity index (χ1n) is 6.83. The summed E-state index contributed by atoms with van der Waals surface area (Å²) in [5.41, 5.74) is 0. The topological polar surface area (TPSA) is 30.9 Å². The fraction of sp³-hybridized carbons (Fsp3) is 0.923. The van der Waals surface area contributed by atoms with Crippen molar-refractivity contribution < 1.29 is 0 Å². The summed E-state index contributed by atoms with van der Waals surface area (Å²) in [6, 6.07) is 0. The Morgan fingerprint density at radius 3 is 2.35 bits per heavy atom. The van der Waals surface area contributed by atoms with Crippen LogP contribution >= 0.6 is 0 Å². The highest BCUT2D eigenvalue weighted by Gasteiger charge is 2.04. The highest BCUT2D eigenvalue weighted by molar-refractivity contribution is 5.79. The van der Waals surface area contributed by atoms with Gasteiger partial charge in [0.2, 0.25) is 0 Å². The van der Waals surface area contributed by atoms with Crippen LogP contribution in [0.4, 0.5) is 0 Å². The largest absolute Gasteiger partial charge is 0.357 e. The summed E-state index contributed by atoms with van der Waals surface area (Å²) in [5, 5.41) is 3.34. The minimum Gasteiger partial charge on any atom is -0.357 e. The summed E-state index contributed by atoms with van der Waals surface area (Å²) in [6.07, 6.45) is 2.44. The van der Waals surface area contributed by atoms with Gasteiger partial charge in [-0.15, -0.1) is 0 Å². The molecule has 0 radical (unpaired) electrons. The van der Waals surface area contributed by atoms with E-state index in [-0.39, 0.29) is 0 Å². The van der Waals surface area contributed by atoms with Crippen LogP contribution in [0.5, 0.6) is 0 Å². The highest BCUT2D eigenvalue weighted by atomic mass is 15.3. The second kappa shape index (κ2) is 10.4. The van der Waals surface area contributed by atoms with Crippen molar-refractivity contribution in [2.45, 2.75) is 33.6 Å².